The number of carbonyl (C=O) groups is 1. The fourth-order valence-electron chi connectivity index (χ4n) is 2.72. The average Bonchev–Trinajstić information content (AvgIpc) is 3.00. The summed E-state index contributed by atoms with van der Waals surface area (Å²) in [4.78, 5) is 15.4. The number of nitrogens with zero attached hydrogens (tertiary/aromatic N) is 1. The van der Waals surface area contributed by atoms with Gasteiger partial charge in [-0.3, -0.25) is 4.79 Å². The number of alkyl halides is 3. The Kier molecular flexibility index (Phi) is 6.03. The van der Waals surface area contributed by atoms with E-state index in [0.29, 0.717) is 6.54 Å². The van der Waals surface area contributed by atoms with Crippen molar-refractivity contribution < 1.29 is 4.79 Å². The normalized spacial score (nSPS) is 16.5. The summed E-state index contributed by atoms with van der Waals surface area (Å²) in [5.74, 6) is -0.551. The van der Waals surface area contributed by atoms with E-state index in [2.05, 4.69) is 29.2 Å². The predicted octanol–water partition coefficient (Wildman–Crippen LogP) is 6.36. The second-order valence-corrected chi connectivity index (χ2v) is 8.91. The number of halogens is 3. The molecule has 2 aromatic rings. The van der Waals surface area contributed by atoms with E-state index in [1.54, 1.807) is 0 Å². The summed E-state index contributed by atoms with van der Waals surface area (Å²) in [6, 6.07) is 20.2. The molecule has 6 heteroatoms. The Morgan fingerprint density at radius 1 is 1.00 bits per heavy atom. The minimum Gasteiger partial charge on any atom is -0.335 e. The molecule has 3 rings (SSSR count). The largest absolute Gasteiger partial charge is 0.335 e. The molecule has 0 atom stereocenters. The minimum atomic E-state index is -1.96. The van der Waals surface area contributed by atoms with E-state index >= 15 is 0 Å². The Morgan fingerprint density at radius 2 is 1.54 bits per heavy atom. The van der Waals surface area contributed by atoms with E-state index in [-0.39, 0.29) is 0 Å². The van der Waals surface area contributed by atoms with Crippen molar-refractivity contribution in [2.75, 3.05) is 6.54 Å². The predicted molar refractivity (Wildman–Crippen MR) is 113 cm³/mol. The van der Waals surface area contributed by atoms with E-state index in [4.69, 9.17) is 34.8 Å². The zero-order valence-corrected chi connectivity index (χ0v) is 17.0. The standard InChI is InChI=1S/C20H16Cl3NOS/c1-2-24-17(13-16(25)20(21,22)23)26-19(15-11-7-4-8-12-15)18(24)14-9-5-3-6-10-14/h3-13H,2H2,1H3. The van der Waals surface area contributed by atoms with Crippen LogP contribution >= 0.6 is 46.6 Å². The first-order valence-corrected chi connectivity index (χ1v) is 10.00. The molecule has 0 radical (unpaired) electrons. The molecule has 2 nitrogen and oxygen atoms in total. The highest BCUT2D eigenvalue weighted by Crippen LogP contribution is 2.50. The van der Waals surface area contributed by atoms with Gasteiger partial charge in [0.05, 0.1) is 10.7 Å². The van der Waals surface area contributed by atoms with Crippen LogP contribution in [0.2, 0.25) is 0 Å². The molecule has 1 aliphatic heterocycles. The molecule has 0 aliphatic carbocycles. The van der Waals surface area contributed by atoms with Crippen LogP contribution in [0.15, 0.2) is 71.8 Å². The van der Waals surface area contributed by atoms with Gasteiger partial charge in [-0.15, -0.1) is 0 Å². The van der Waals surface area contributed by atoms with Crippen molar-refractivity contribution in [2.24, 2.45) is 0 Å². The summed E-state index contributed by atoms with van der Waals surface area (Å²) in [5.41, 5.74) is 3.21. The lowest BCUT2D eigenvalue weighted by molar-refractivity contribution is -0.113. The van der Waals surface area contributed by atoms with Gasteiger partial charge in [0.15, 0.2) is 0 Å². The molecule has 0 amide bonds. The molecule has 0 bridgehead atoms. The molecule has 0 fully saturated rings. The maximum atomic E-state index is 12.2. The minimum absolute atomic E-state index is 0.551. The van der Waals surface area contributed by atoms with Gasteiger partial charge in [0.2, 0.25) is 5.78 Å². The Hall–Kier alpha value is -1.39. The third-order valence-corrected chi connectivity index (χ3v) is 5.63. The second-order valence-electron chi connectivity index (χ2n) is 5.60. The number of hydrogen-bond acceptors (Lipinski definition) is 3. The number of thioether (sulfide) groups is 1. The molecule has 1 aliphatic rings. The summed E-state index contributed by atoms with van der Waals surface area (Å²) >= 11 is 18.8. The van der Waals surface area contributed by atoms with Crippen LogP contribution in [0.3, 0.4) is 0 Å². The van der Waals surface area contributed by atoms with Gasteiger partial charge in [-0.2, -0.15) is 0 Å². The molecular formula is C20H16Cl3NOS. The highest BCUT2D eigenvalue weighted by atomic mass is 35.6. The third-order valence-electron chi connectivity index (χ3n) is 3.89. The van der Waals surface area contributed by atoms with Crippen LogP contribution in [0.1, 0.15) is 18.1 Å². The number of rotatable bonds is 4. The lowest BCUT2D eigenvalue weighted by atomic mass is 10.1. The first kappa shape index (κ1) is 19.4. The summed E-state index contributed by atoms with van der Waals surface area (Å²) in [6.45, 7) is 2.72. The lowest BCUT2D eigenvalue weighted by Crippen LogP contribution is -2.21. The monoisotopic (exact) mass is 423 g/mol. The van der Waals surface area contributed by atoms with Crippen molar-refractivity contribution in [2.45, 2.75) is 10.7 Å². The molecule has 0 spiro atoms. The number of allylic oxidation sites excluding steroid dienone is 1. The van der Waals surface area contributed by atoms with Crippen LogP contribution in [0.5, 0.6) is 0 Å². The van der Waals surface area contributed by atoms with Crippen LogP contribution in [0, 0.1) is 0 Å². The summed E-state index contributed by atoms with van der Waals surface area (Å²) in [5, 5.41) is 0.751. The van der Waals surface area contributed by atoms with Crippen molar-refractivity contribution in [3.63, 3.8) is 0 Å². The van der Waals surface area contributed by atoms with Crippen LogP contribution in [-0.4, -0.2) is 21.0 Å². The number of ketones is 1. The van der Waals surface area contributed by atoms with Crippen molar-refractivity contribution >= 4 is 63.0 Å². The fourth-order valence-corrected chi connectivity index (χ4v) is 4.17. The van der Waals surface area contributed by atoms with Crippen molar-refractivity contribution in [1.29, 1.82) is 0 Å². The summed E-state index contributed by atoms with van der Waals surface area (Å²) < 4.78 is -1.96. The average molecular weight is 425 g/mol. The maximum Gasteiger partial charge on any atom is 0.252 e. The van der Waals surface area contributed by atoms with Crippen LogP contribution in [0.4, 0.5) is 0 Å². The first-order chi connectivity index (χ1) is 12.4. The highest BCUT2D eigenvalue weighted by molar-refractivity contribution is 8.12. The van der Waals surface area contributed by atoms with Crippen LogP contribution in [0.25, 0.3) is 10.6 Å². The van der Waals surface area contributed by atoms with E-state index in [1.807, 2.05) is 43.3 Å². The number of benzene rings is 2. The zero-order chi connectivity index (χ0) is 18.7. The molecule has 2 aromatic carbocycles. The zero-order valence-electron chi connectivity index (χ0n) is 14.0. The van der Waals surface area contributed by atoms with Gasteiger partial charge in [0.25, 0.3) is 3.79 Å². The number of carbonyl (C=O) groups excluding carboxylic acids is 1. The van der Waals surface area contributed by atoms with E-state index < -0.39 is 9.58 Å². The fraction of sp³-hybridized carbons (Fsp3) is 0.150. The summed E-state index contributed by atoms with van der Waals surface area (Å²) in [6.07, 6.45) is 1.42. The number of hydrogen-bond donors (Lipinski definition) is 0. The van der Waals surface area contributed by atoms with E-state index in [1.165, 1.54) is 17.8 Å². The van der Waals surface area contributed by atoms with Crippen molar-refractivity contribution in [3.05, 3.63) is 82.9 Å². The first-order valence-electron chi connectivity index (χ1n) is 8.05. The van der Waals surface area contributed by atoms with E-state index in [9.17, 15) is 4.79 Å². The van der Waals surface area contributed by atoms with Crippen molar-refractivity contribution in [3.8, 4) is 0 Å². The van der Waals surface area contributed by atoms with Gasteiger partial charge in [0.1, 0.15) is 0 Å². The van der Waals surface area contributed by atoms with Gasteiger partial charge in [-0.1, -0.05) is 107 Å². The molecule has 0 saturated carbocycles. The SMILES string of the molecule is CCN1C(=CC(=O)C(Cl)(Cl)Cl)SC(c2ccccc2)=C1c1ccccc1. The molecule has 0 aromatic heterocycles. The Balaban J connectivity index is 2.13. The van der Waals surface area contributed by atoms with Gasteiger partial charge in [0, 0.05) is 17.5 Å². The molecular weight excluding hydrogens is 409 g/mol. The molecule has 0 saturated heterocycles. The lowest BCUT2D eigenvalue weighted by Gasteiger charge is -2.22. The molecule has 1 heterocycles. The van der Waals surface area contributed by atoms with Gasteiger partial charge < -0.3 is 4.90 Å². The second kappa shape index (κ2) is 8.10. The van der Waals surface area contributed by atoms with Crippen molar-refractivity contribution in [1.82, 2.24) is 4.90 Å². The highest BCUT2D eigenvalue weighted by Gasteiger charge is 2.33. The van der Waals surface area contributed by atoms with E-state index in [0.717, 1.165) is 26.8 Å². The Bertz CT molecular complexity index is 858. The Labute approximate surface area is 172 Å². The maximum absolute atomic E-state index is 12.2. The third kappa shape index (κ3) is 4.12. The Morgan fingerprint density at radius 3 is 2.04 bits per heavy atom. The molecule has 134 valence electrons. The quantitative estimate of drug-likeness (QED) is 0.420. The smallest absolute Gasteiger partial charge is 0.252 e. The van der Waals surface area contributed by atoms with Crippen LogP contribution < -0.4 is 0 Å². The summed E-state index contributed by atoms with van der Waals surface area (Å²) in [7, 11) is 0. The van der Waals surface area contributed by atoms with Gasteiger partial charge in [-0.25, -0.2) is 0 Å². The molecule has 0 N–H and O–H groups in total. The van der Waals surface area contributed by atoms with Gasteiger partial charge >= 0.3 is 0 Å². The molecule has 26 heavy (non-hydrogen) atoms. The molecule has 0 unspecified atom stereocenters. The van der Waals surface area contributed by atoms with Gasteiger partial charge in [-0.05, 0) is 18.1 Å². The van der Waals surface area contributed by atoms with Crippen LogP contribution in [-0.2, 0) is 4.79 Å². The topological polar surface area (TPSA) is 20.3 Å².